The summed E-state index contributed by atoms with van der Waals surface area (Å²) in [5.74, 6) is -0.231. The molecule has 0 bridgehead atoms. The molecule has 150 valence electrons. The first-order valence-electron chi connectivity index (χ1n) is 8.75. The van der Waals surface area contributed by atoms with E-state index in [4.69, 9.17) is 11.6 Å². The average molecular weight is 440 g/mol. The molecule has 1 amide bonds. The molecule has 10 heteroatoms. The van der Waals surface area contributed by atoms with Gasteiger partial charge in [-0.05, 0) is 25.1 Å². The summed E-state index contributed by atoms with van der Waals surface area (Å²) in [6.07, 6.45) is 0. The third-order valence-corrected chi connectivity index (χ3v) is 5.30. The Hall–Kier alpha value is -3.56. The molecule has 2 aromatic heterocycles. The molecule has 0 saturated heterocycles. The summed E-state index contributed by atoms with van der Waals surface area (Å²) in [6.45, 7) is 1.78. The molecule has 0 atom stereocenters. The van der Waals surface area contributed by atoms with Crippen molar-refractivity contribution in [2.24, 2.45) is 0 Å². The van der Waals surface area contributed by atoms with E-state index in [2.05, 4.69) is 15.4 Å². The number of nitro benzene ring substituents is 1. The highest BCUT2D eigenvalue weighted by atomic mass is 35.5. The van der Waals surface area contributed by atoms with Crippen LogP contribution in [0.15, 0.2) is 60.0 Å². The van der Waals surface area contributed by atoms with Gasteiger partial charge in [-0.25, -0.2) is 4.98 Å². The number of rotatable bonds is 5. The summed E-state index contributed by atoms with van der Waals surface area (Å²) >= 11 is 7.30. The molecule has 4 aromatic rings. The topological polar surface area (TPSA) is 103 Å². The largest absolute Gasteiger partial charge is 0.306 e. The Morgan fingerprint density at radius 1 is 1.20 bits per heavy atom. The van der Waals surface area contributed by atoms with Crippen molar-refractivity contribution in [1.82, 2.24) is 14.8 Å². The maximum absolute atomic E-state index is 12.7. The van der Waals surface area contributed by atoms with Gasteiger partial charge < -0.3 is 5.32 Å². The minimum atomic E-state index is -0.599. The number of carbonyl (C=O) groups is 1. The third-order valence-electron chi connectivity index (χ3n) is 4.23. The van der Waals surface area contributed by atoms with Crippen molar-refractivity contribution in [1.29, 1.82) is 0 Å². The first-order valence-corrected chi connectivity index (χ1v) is 10.0. The number of halogens is 1. The molecule has 0 radical (unpaired) electrons. The van der Waals surface area contributed by atoms with Gasteiger partial charge in [0.1, 0.15) is 11.4 Å². The molecule has 0 fully saturated rings. The van der Waals surface area contributed by atoms with E-state index in [1.165, 1.54) is 34.2 Å². The predicted molar refractivity (Wildman–Crippen MR) is 115 cm³/mol. The molecule has 2 heterocycles. The normalized spacial score (nSPS) is 10.7. The summed E-state index contributed by atoms with van der Waals surface area (Å²) in [5, 5.41) is 21.4. The second kappa shape index (κ2) is 8.05. The standard InChI is InChI=1S/C20H14ClN5O3S/c1-12-10-18(23-19(27)15-4-2-3-5-17(15)26(28)29)25(24-12)20-22-16(11-30-20)13-6-8-14(21)9-7-13/h2-11H,1H3,(H,23,27). The number of aromatic nitrogens is 3. The van der Waals surface area contributed by atoms with Gasteiger partial charge in [0.05, 0.1) is 16.3 Å². The fraction of sp³-hybridized carbons (Fsp3) is 0.0500. The summed E-state index contributed by atoms with van der Waals surface area (Å²) in [5.41, 5.74) is 2.01. The third kappa shape index (κ3) is 3.93. The van der Waals surface area contributed by atoms with E-state index < -0.39 is 10.8 Å². The van der Waals surface area contributed by atoms with Gasteiger partial charge in [0.25, 0.3) is 11.6 Å². The molecule has 4 rings (SSSR count). The second-order valence-electron chi connectivity index (χ2n) is 6.33. The summed E-state index contributed by atoms with van der Waals surface area (Å²) in [7, 11) is 0. The van der Waals surface area contributed by atoms with E-state index >= 15 is 0 Å². The fourth-order valence-electron chi connectivity index (χ4n) is 2.86. The lowest BCUT2D eigenvalue weighted by Crippen LogP contribution is -2.16. The summed E-state index contributed by atoms with van der Waals surface area (Å²) < 4.78 is 1.51. The highest BCUT2D eigenvalue weighted by Crippen LogP contribution is 2.28. The number of benzene rings is 2. The van der Waals surface area contributed by atoms with Crippen LogP contribution >= 0.6 is 22.9 Å². The van der Waals surface area contributed by atoms with Crippen LogP contribution in [0.1, 0.15) is 16.1 Å². The molecule has 0 aliphatic rings. The highest BCUT2D eigenvalue weighted by Gasteiger charge is 2.21. The number of carbonyl (C=O) groups excluding carboxylic acids is 1. The van der Waals surface area contributed by atoms with Crippen molar-refractivity contribution in [3.05, 3.63) is 86.4 Å². The monoisotopic (exact) mass is 439 g/mol. The summed E-state index contributed by atoms with van der Waals surface area (Å²) in [4.78, 5) is 27.9. The van der Waals surface area contributed by atoms with Crippen LogP contribution < -0.4 is 5.32 Å². The van der Waals surface area contributed by atoms with Gasteiger partial charge in [0, 0.05) is 28.1 Å². The Kier molecular flexibility index (Phi) is 5.30. The van der Waals surface area contributed by atoms with E-state index in [-0.39, 0.29) is 11.3 Å². The Labute approximate surface area is 179 Å². The van der Waals surface area contributed by atoms with E-state index in [0.29, 0.717) is 21.7 Å². The van der Waals surface area contributed by atoms with Crippen LogP contribution in [-0.4, -0.2) is 25.6 Å². The zero-order chi connectivity index (χ0) is 21.3. The van der Waals surface area contributed by atoms with Gasteiger partial charge in [-0.1, -0.05) is 35.9 Å². The molecule has 0 aliphatic heterocycles. The Balaban J connectivity index is 1.65. The zero-order valence-electron chi connectivity index (χ0n) is 15.6. The number of hydrogen-bond donors (Lipinski definition) is 1. The Morgan fingerprint density at radius 2 is 1.93 bits per heavy atom. The molecule has 0 spiro atoms. The fourth-order valence-corrected chi connectivity index (χ4v) is 3.78. The Morgan fingerprint density at radius 3 is 2.67 bits per heavy atom. The molecule has 0 aliphatic carbocycles. The van der Waals surface area contributed by atoms with Gasteiger partial charge in [0.15, 0.2) is 0 Å². The predicted octanol–water partition coefficient (Wildman–Crippen LogP) is 5.12. The Bertz CT molecular complexity index is 1250. The van der Waals surface area contributed by atoms with Crippen molar-refractivity contribution in [3.8, 4) is 16.4 Å². The van der Waals surface area contributed by atoms with Crippen molar-refractivity contribution >= 4 is 40.4 Å². The highest BCUT2D eigenvalue weighted by molar-refractivity contribution is 7.12. The minimum absolute atomic E-state index is 0.0334. The van der Waals surface area contributed by atoms with Crippen molar-refractivity contribution in [3.63, 3.8) is 0 Å². The second-order valence-corrected chi connectivity index (χ2v) is 7.61. The first-order chi connectivity index (χ1) is 14.4. The lowest BCUT2D eigenvalue weighted by Gasteiger charge is -2.07. The molecule has 30 heavy (non-hydrogen) atoms. The van der Waals surface area contributed by atoms with Gasteiger partial charge in [0.2, 0.25) is 5.13 Å². The molecule has 0 unspecified atom stereocenters. The van der Waals surface area contributed by atoms with E-state index in [0.717, 1.165) is 11.3 Å². The van der Waals surface area contributed by atoms with Gasteiger partial charge in [-0.2, -0.15) is 9.78 Å². The van der Waals surface area contributed by atoms with Gasteiger partial charge >= 0.3 is 0 Å². The van der Waals surface area contributed by atoms with Crippen LogP contribution in [-0.2, 0) is 0 Å². The van der Waals surface area contributed by atoms with E-state index in [9.17, 15) is 14.9 Å². The van der Waals surface area contributed by atoms with Crippen molar-refractivity contribution in [2.45, 2.75) is 6.92 Å². The molecular weight excluding hydrogens is 426 g/mol. The molecule has 8 nitrogen and oxygen atoms in total. The van der Waals surface area contributed by atoms with Crippen LogP contribution in [0.5, 0.6) is 0 Å². The quantitative estimate of drug-likeness (QED) is 0.343. The van der Waals surface area contributed by atoms with E-state index in [1.807, 2.05) is 17.5 Å². The smallest absolute Gasteiger partial charge is 0.282 e. The average Bonchev–Trinajstić information content (AvgIpc) is 3.35. The number of thiazole rings is 1. The van der Waals surface area contributed by atoms with Gasteiger partial charge in [-0.15, -0.1) is 11.3 Å². The first kappa shape index (κ1) is 19.7. The molecular formula is C20H14ClN5O3S. The van der Waals surface area contributed by atoms with Crippen molar-refractivity contribution < 1.29 is 9.72 Å². The van der Waals surface area contributed by atoms with Crippen molar-refractivity contribution in [2.75, 3.05) is 5.32 Å². The van der Waals surface area contributed by atoms with Crippen LogP contribution in [0.2, 0.25) is 5.02 Å². The number of hydrogen-bond acceptors (Lipinski definition) is 6. The molecule has 2 aromatic carbocycles. The number of amides is 1. The zero-order valence-corrected chi connectivity index (χ0v) is 17.1. The van der Waals surface area contributed by atoms with Crippen LogP contribution in [0.4, 0.5) is 11.5 Å². The summed E-state index contributed by atoms with van der Waals surface area (Å²) in [6, 6.07) is 14.8. The molecule has 1 N–H and O–H groups in total. The number of aryl methyl sites for hydroxylation is 1. The van der Waals surface area contributed by atoms with Gasteiger partial charge in [-0.3, -0.25) is 14.9 Å². The number of nitrogens with one attached hydrogen (secondary N) is 1. The van der Waals surface area contributed by atoms with Crippen LogP contribution in [0, 0.1) is 17.0 Å². The lowest BCUT2D eigenvalue weighted by atomic mass is 10.1. The maximum atomic E-state index is 12.7. The minimum Gasteiger partial charge on any atom is -0.306 e. The van der Waals surface area contributed by atoms with Crippen LogP contribution in [0.25, 0.3) is 16.4 Å². The molecule has 0 saturated carbocycles. The number of anilines is 1. The maximum Gasteiger partial charge on any atom is 0.282 e. The number of para-hydroxylation sites is 1. The number of nitro groups is 1. The van der Waals surface area contributed by atoms with E-state index in [1.54, 1.807) is 31.2 Å². The lowest BCUT2D eigenvalue weighted by molar-refractivity contribution is -0.385. The number of nitrogens with zero attached hydrogens (tertiary/aromatic N) is 4. The van der Waals surface area contributed by atoms with Crippen LogP contribution in [0.3, 0.4) is 0 Å². The SMILES string of the molecule is Cc1cc(NC(=O)c2ccccc2[N+](=O)[O-])n(-c2nc(-c3ccc(Cl)cc3)cs2)n1.